The number of hydrogen-bond donors (Lipinski definition) is 2. The molecule has 2 rings (SSSR count). The van der Waals surface area contributed by atoms with Gasteiger partial charge in [-0.2, -0.15) is 5.10 Å². The molecule has 0 fully saturated rings. The lowest BCUT2D eigenvalue weighted by molar-refractivity contribution is 0.0945. The van der Waals surface area contributed by atoms with Gasteiger partial charge in [0, 0.05) is 19.8 Å². The largest absolute Gasteiger partial charge is 0.384 e. The molecule has 0 unspecified atom stereocenters. The molecule has 2 heterocycles. The van der Waals surface area contributed by atoms with E-state index in [-0.39, 0.29) is 5.91 Å². The zero-order valence-corrected chi connectivity index (χ0v) is 11.8. The summed E-state index contributed by atoms with van der Waals surface area (Å²) in [4.78, 5) is 16.1. The zero-order valence-electron chi connectivity index (χ0n) is 11.8. The second-order valence-corrected chi connectivity index (χ2v) is 4.49. The highest BCUT2D eigenvalue weighted by atomic mass is 16.1. The van der Waals surface area contributed by atoms with Crippen LogP contribution in [0, 0.1) is 0 Å². The monoisotopic (exact) mass is 273 g/mol. The molecule has 0 aliphatic heterocycles. The lowest BCUT2D eigenvalue weighted by atomic mass is 10.3. The average Bonchev–Trinajstić information content (AvgIpc) is 2.88. The molecule has 106 valence electrons. The van der Waals surface area contributed by atoms with E-state index in [2.05, 4.69) is 27.6 Å². The Bertz CT molecular complexity index is 561. The van der Waals surface area contributed by atoms with Gasteiger partial charge in [0.1, 0.15) is 5.69 Å². The average molecular weight is 273 g/mol. The third-order valence-corrected chi connectivity index (χ3v) is 2.93. The highest BCUT2D eigenvalue weighted by Gasteiger charge is 2.07. The van der Waals surface area contributed by atoms with E-state index in [4.69, 9.17) is 0 Å². The van der Waals surface area contributed by atoms with Crippen LogP contribution >= 0.6 is 0 Å². The van der Waals surface area contributed by atoms with Crippen LogP contribution in [0.15, 0.2) is 30.6 Å². The van der Waals surface area contributed by atoms with Crippen molar-refractivity contribution >= 4 is 11.6 Å². The SMILES string of the molecule is CCCNc1ccc(C(=O)NCc2ccnn2C)nc1. The Morgan fingerprint density at radius 2 is 2.20 bits per heavy atom. The van der Waals surface area contributed by atoms with Gasteiger partial charge in [-0.3, -0.25) is 9.48 Å². The van der Waals surface area contributed by atoms with E-state index in [0.29, 0.717) is 12.2 Å². The summed E-state index contributed by atoms with van der Waals surface area (Å²) in [6.07, 6.45) is 4.43. The number of rotatable bonds is 6. The van der Waals surface area contributed by atoms with E-state index >= 15 is 0 Å². The number of pyridine rings is 1. The fourth-order valence-corrected chi connectivity index (χ4v) is 1.74. The molecule has 0 aromatic carbocycles. The summed E-state index contributed by atoms with van der Waals surface area (Å²) >= 11 is 0. The maximum absolute atomic E-state index is 12.0. The maximum Gasteiger partial charge on any atom is 0.270 e. The molecule has 2 aromatic heterocycles. The van der Waals surface area contributed by atoms with Crippen LogP contribution < -0.4 is 10.6 Å². The molecule has 6 nitrogen and oxygen atoms in total. The molecular weight excluding hydrogens is 254 g/mol. The number of anilines is 1. The first-order valence-electron chi connectivity index (χ1n) is 6.65. The number of hydrogen-bond acceptors (Lipinski definition) is 4. The molecule has 0 aliphatic carbocycles. The van der Waals surface area contributed by atoms with Crippen LogP contribution in [0.4, 0.5) is 5.69 Å². The Kier molecular flexibility index (Phi) is 4.70. The van der Waals surface area contributed by atoms with Gasteiger partial charge in [0.25, 0.3) is 5.91 Å². The Balaban J connectivity index is 1.90. The summed E-state index contributed by atoms with van der Waals surface area (Å²) < 4.78 is 1.73. The fraction of sp³-hybridized carbons (Fsp3) is 0.357. The first kappa shape index (κ1) is 14.0. The standard InChI is InChI=1S/C14H19N5O/c1-3-7-15-11-4-5-13(16-9-11)14(20)17-10-12-6-8-18-19(12)2/h4-6,8-9,15H,3,7,10H2,1-2H3,(H,17,20). The van der Waals surface area contributed by atoms with Crippen molar-refractivity contribution in [3.63, 3.8) is 0 Å². The van der Waals surface area contributed by atoms with Crippen LogP contribution in [0.2, 0.25) is 0 Å². The lowest BCUT2D eigenvalue weighted by Crippen LogP contribution is -2.24. The summed E-state index contributed by atoms with van der Waals surface area (Å²) in [5.41, 5.74) is 2.28. The Labute approximate surface area is 118 Å². The quantitative estimate of drug-likeness (QED) is 0.838. The molecule has 0 aliphatic rings. The normalized spacial score (nSPS) is 10.3. The third-order valence-electron chi connectivity index (χ3n) is 2.93. The van der Waals surface area contributed by atoms with E-state index in [1.54, 1.807) is 23.1 Å². The van der Waals surface area contributed by atoms with E-state index in [1.807, 2.05) is 19.2 Å². The third kappa shape index (κ3) is 3.57. The summed E-state index contributed by atoms with van der Waals surface area (Å²) in [6, 6.07) is 5.45. The van der Waals surface area contributed by atoms with E-state index < -0.39 is 0 Å². The van der Waals surface area contributed by atoms with Gasteiger partial charge < -0.3 is 10.6 Å². The molecule has 2 N–H and O–H groups in total. The molecular formula is C14H19N5O. The van der Waals surface area contributed by atoms with Crippen molar-refractivity contribution in [3.05, 3.63) is 42.0 Å². The van der Waals surface area contributed by atoms with Crippen LogP contribution in [0.5, 0.6) is 0 Å². The Morgan fingerprint density at radius 3 is 2.80 bits per heavy atom. The molecule has 6 heteroatoms. The van der Waals surface area contributed by atoms with Gasteiger partial charge in [-0.25, -0.2) is 4.98 Å². The molecule has 0 saturated carbocycles. The minimum Gasteiger partial charge on any atom is -0.384 e. The maximum atomic E-state index is 12.0. The smallest absolute Gasteiger partial charge is 0.270 e. The van der Waals surface area contributed by atoms with Crippen molar-refractivity contribution in [1.29, 1.82) is 0 Å². The molecule has 0 bridgehead atoms. The predicted molar refractivity (Wildman–Crippen MR) is 77.4 cm³/mol. The molecule has 0 radical (unpaired) electrons. The Hall–Kier alpha value is -2.37. The topological polar surface area (TPSA) is 71.8 Å². The van der Waals surface area contributed by atoms with Crippen molar-refractivity contribution in [3.8, 4) is 0 Å². The highest BCUT2D eigenvalue weighted by Crippen LogP contribution is 2.06. The van der Waals surface area contributed by atoms with E-state index in [9.17, 15) is 4.79 Å². The number of nitrogens with zero attached hydrogens (tertiary/aromatic N) is 3. The van der Waals surface area contributed by atoms with Crippen molar-refractivity contribution in [2.75, 3.05) is 11.9 Å². The number of carbonyl (C=O) groups is 1. The number of aromatic nitrogens is 3. The summed E-state index contributed by atoms with van der Waals surface area (Å²) in [7, 11) is 1.84. The van der Waals surface area contributed by atoms with Gasteiger partial charge >= 0.3 is 0 Å². The van der Waals surface area contributed by atoms with Crippen LogP contribution in [-0.4, -0.2) is 27.2 Å². The minimum atomic E-state index is -0.187. The number of carbonyl (C=O) groups excluding carboxylic acids is 1. The van der Waals surface area contributed by atoms with Crippen molar-refractivity contribution in [1.82, 2.24) is 20.1 Å². The van der Waals surface area contributed by atoms with Gasteiger partial charge in [0.05, 0.1) is 24.1 Å². The fourth-order valence-electron chi connectivity index (χ4n) is 1.74. The van der Waals surface area contributed by atoms with Gasteiger partial charge in [0.15, 0.2) is 0 Å². The molecule has 0 spiro atoms. The molecule has 1 amide bonds. The van der Waals surface area contributed by atoms with Crippen LogP contribution in [0.25, 0.3) is 0 Å². The molecule has 0 saturated heterocycles. The predicted octanol–water partition coefficient (Wildman–Crippen LogP) is 1.57. The van der Waals surface area contributed by atoms with Gasteiger partial charge in [-0.05, 0) is 24.6 Å². The number of nitrogens with one attached hydrogen (secondary N) is 2. The molecule has 20 heavy (non-hydrogen) atoms. The highest BCUT2D eigenvalue weighted by molar-refractivity contribution is 5.92. The zero-order chi connectivity index (χ0) is 14.4. The van der Waals surface area contributed by atoms with E-state index in [0.717, 1.165) is 24.3 Å². The number of amides is 1. The van der Waals surface area contributed by atoms with Crippen LogP contribution in [0.1, 0.15) is 29.5 Å². The van der Waals surface area contributed by atoms with Crippen molar-refractivity contribution < 1.29 is 4.79 Å². The van der Waals surface area contributed by atoms with Gasteiger partial charge in [-0.1, -0.05) is 6.92 Å². The van der Waals surface area contributed by atoms with Gasteiger partial charge in [0.2, 0.25) is 0 Å². The van der Waals surface area contributed by atoms with Crippen molar-refractivity contribution in [2.24, 2.45) is 7.05 Å². The minimum absolute atomic E-state index is 0.187. The first-order chi connectivity index (χ1) is 9.70. The molecule has 0 atom stereocenters. The van der Waals surface area contributed by atoms with Gasteiger partial charge in [-0.15, -0.1) is 0 Å². The summed E-state index contributed by atoms with van der Waals surface area (Å²) in [5.74, 6) is -0.187. The summed E-state index contributed by atoms with van der Waals surface area (Å²) in [5, 5.41) is 10.1. The molecule has 2 aromatic rings. The second-order valence-electron chi connectivity index (χ2n) is 4.49. The summed E-state index contributed by atoms with van der Waals surface area (Å²) in [6.45, 7) is 3.43. The first-order valence-corrected chi connectivity index (χ1v) is 6.65. The number of aryl methyl sites for hydroxylation is 1. The van der Waals surface area contributed by atoms with E-state index in [1.165, 1.54) is 0 Å². The Morgan fingerprint density at radius 1 is 1.35 bits per heavy atom. The van der Waals surface area contributed by atoms with Crippen LogP contribution in [-0.2, 0) is 13.6 Å². The lowest BCUT2D eigenvalue weighted by Gasteiger charge is -2.07. The van der Waals surface area contributed by atoms with Crippen LogP contribution in [0.3, 0.4) is 0 Å². The van der Waals surface area contributed by atoms with Crippen molar-refractivity contribution in [2.45, 2.75) is 19.9 Å². The second kappa shape index (κ2) is 6.70.